The van der Waals surface area contributed by atoms with E-state index in [1.807, 2.05) is 34.8 Å². The van der Waals surface area contributed by atoms with Crippen LogP contribution in [0.25, 0.3) is 21.7 Å². The van der Waals surface area contributed by atoms with E-state index < -0.39 is 0 Å². The Morgan fingerprint density at radius 3 is 2.22 bits per heavy atom. The normalized spacial score (nSPS) is 15.3. The number of nitrogens with zero attached hydrogens (tertiary/aromatic N) is 2. The Bertz CT molecular complexity index is 1120. The lowest BCUT2D eigenvalue weighted by Gasteiger charge is -2.30. The van der Waals surface area contributed by atoms with Gasteiger partial charge in [-0.25, -0.2) is 4.98 Å². The third kappa shape index (κ3) is 4.84. The number of aryl methyl sites for hydroxylation is 2. The Hall–Kier alpha value is -1.98. The van der Waals surface area contributed by atoms with Crippen LogP contribution in [0.1, 0.15) is 39.1 Å². The number of piperidine rings is 1. The Balaban J connectivity index is 1.39. The Morgan fingerprint density at radius 1 is 0.875 bits per heavy atom. The maximum Gasteiger partial charge on any atom is 0.0970 e. The molecule has 5 rings (SSSR count). The standard InChI is InChI=1S/C27H27ClN2S2/c1-18-3-6-21(7-4-18)26-25(20-8-10-23(28)11-9-20)29-27(32-26)22-13-15-30(16-14-22)17-24-12-5-19(2)31-24/h3-12,22H,13-17H2,1-2H3. The van der Waals surface area contributed by atoms with Crippen LogP contribution in [0.4, 0.5) is 0 Å². The molecule has 5 heteroatoms. The number of rotatable bonds is 5. The van der Waals surface area contributed by atoms with E-state index in [4.69, 9.17) is 16.6 Å². The molecule has 4 aromatic rings. The van der Waals surface area contributed by atoms with Crippen molar-refractivity contribution in [3.63, 3.8) is 0 Å². The second kappa shape index (κ2) is 9.48. The smallest absolute Gasteiger partial charge is 0.0970 e. The molecule has 0 amide bonds. The van der Waals surface area contributed by atoms with Crippen LogP contribution in [0.3, 0.4) is 0 Å². The van der Waals surface area contributed by atoms with Gasteiger partial charge in [-0.05, 0) is 69.6 Å². The van der Waals surface area contributed by atoms with E-state index >= 15 is 0 Å². The van der Waals surface area contributed by atoms with Gasteiger partial charge < -0.3 is 0 Å². The van der Waals surface area contributed by atoms with Crippen molar-refractivity contribution in [3.8, 4) is 21.7 Å². The predicted octanol–water partition coefficient (Wildman–Crippen LogP) is 8.19. The number of thiophene rings is 1. The summed E-state index contributed by atoms with van der Waals surface area (Å²) in [5.41, 5.74) is 4.75. The minimum absolute atomic E-state index is 0.534. The van der Waals surface area contributed by atoms with Gasteiger partial charge in [0.25, 0.3) is 0 Å². The second-order valence-corrected chi connectivity index (χ2v) is 11.5. The highest BCUT2D eigenvalue weighted by Gasteiger charge is 2.25. The monoisotopic (exact) mass is 478 g/mol. The van der Waals surface area contributed by atoms with Crippen molar-refractivity contribution < 1.29 is 0 Å². The highest BCUT2D eigenvalue weighted by Crippen LogP contribution is 2.42. The summed E-state index contributed by atoms with van der Waals surface area (Å²) in [7, 11) is 0. The van der Waals surface area contributed by atoms with Crippen molar-refractivity contribution in [2.75, 3.05) is 13.1 Å². The molecular weight excluding hydrogens is 452 g/mol. The number of thiazole rings is 1. The first-order valence-corrected chi connectivity index (χ1v) is 13.2. The zero-order valence-corrected chi connectivity index (χ0v) is 20.9. The van der Waals surface area contributed by atoms with Crippen molar-refractivity contribution in [3.05, 3.63) is 86.0 Å². The molecule has 1 fully saturated rings. The number of hydrogen-bond donors (Lipinski definition) is 0. The van der Waals surface area contributed by atoms with Gasteiger partial charge in [-0.2, -0.15) is 0 Å². The maximum atomic E-state index is 6.15. The fourth-order valence-corrected chi connectivity index (χ4v) is 6.67. The minimum atomic E-state index is 0.534. The van der Waals surface area contributed by atoms with E-state index in [0.29, 0.717) is 5.92 Å². The summed E-state index contributed by atoms with van der Waals surface area (Å²) in [6, 6.07) is 21.4. The van der Waals surface area contributed by atoms with E-state index in [0.717, 1.165) is 35.9 Å². The van der Waals surface area contributed by atoms with Crippen LogP contribution in [0.5, 0.6) is 0 Å². The van der Waals surface area contributed by atoms with E-state index in [9.17, 15) is 0 Å². The fourth-order valence-electron chi connectivity index (χ4n) is 4.34. The first-order valence-electron chi connectivity index (χ1n) is 11.2. The summed E-state index contributed by atoms with van der Waals surface area (Å²) < 4.78 is 0. The molecule has 0 N–H and O–H groups in total. The van der Waals surface area contributed by atoms with E-state index in [2.05, 4.69) is 67.3 Å². The lowest BCUT2D eigenvalue weighted by atomic mass is 9.97. The number of aromatic nitrogens is 1. The van der Waals surface area contributed by atoms with Crippen LogP contribution in [0, 0.1) is 13.8 Å². The van der Waals surface area contributed by atoms with Crippen molar-refractivity contribution in [2.45, 2.75) is 39.2 Å². The number of benzene rings is 2. The second-order valence-electron chi connectivity index (χ2n) is 8.67. The molecule has 0 unspecified atom stereocenters. The molecule has 0 atom stereocenters. The molecule has 0 aliphatic carbocycles. The fraction of sp³-hybridized carbons (Fsp3) is 0.296. The van der Waals surface area contributed by atoms with Gasteiger partial charge in [0, 0.05) is 32.8 Å². The molecule has 164 valence electrons. The van der Waals surface area contributed by atoms with Gasteiger partial charge in [0.05, 0.1) is 15.6 Å². The molecule has 1 saturated heterocycles. The molecule has 2 aromatic carbocycles. The molecule has 2 nitrogen and oxygen atoms in total. The average molecular weight is 479 g/mol. The Kier molecular flexibility index (Phi) is 6.47. The zero-order valence-electron chi connectivity index (χ0n) is 18.5. The summed E-state index contributed by atoms with van der Waals surface area (Å²) in [5.74, 6) is 0.534. The van der Waals surface area contributed by atoms with Crippen LogP contribution in [0.15, 0.2) is 60.7 Å². The number of likely N-dealkylation sites (tertiary alicyclic amines) is 1. The summed E-state index contributed by atoms with van der Waals surface area (Å²) in [6.45, 7) is 7.67. The molecule has 32 heavy (non-hydrogen) atoms. The zero-order chi connectivity index (χ0) is 22.1. The SMILES string of the molecule is Cc1ccc(-c2sc(C3CCN(Cc4ccc(C)s4)CC3)nc2-c2ccc(Cl)cc2)cc1. The minimum Gasteiger partial charge on any atom is -0.298 e. The van der Waals surface area contributed by atoms with Crippen LogP contribution in [0.2, 0.25) is 5.02 Å². The molecule has 2 aromatic heterocycles. The molecule has 0 radical (unpaired) electrons. The quantitative estimate of drug-likeness (QED) is 0.287. The molecule has 1 aliphatic rings. The van der Waals surface area contributed by atoms with Gasteiger partial charge in [0.15, 0.2) is 0 Å². The van der Waals surface area contributed by atoms with Gasteiger partial charge >= 0.3 is 0 Å². The van der Waals surface area contributed by atoms with Crippen molar-refractivity contribution in [1.29, 1.82) is 0 Å². The van der Waals surface area contributed by atoms with Gasteiger partial charge in [0.1, 0.15) is 0 Å². The summed E-state index contributed by atoms with van der Waals surface area (Å²) >= 11 is 9.94. The van der Waals surface area contributed by atoms with Crippen molar-refractivity contribution in [1.82, 2.24) is 9.88 Å². The van der Waals surface area contributed by atoms with Gasteiger partial charge in [0.2, 0.25) is 0 Å². The topological polar surface area (TPSA) is 16.1 Å². The highest BCUT2D eigenvalue weighted by atomic mass is 35.5. The first kappa shape index (κ1) is 21.8. The Labute approximate surface area is 203 Å². The van der Waals surface area contributed by atoms with Crippen LogP contribution in [-0.2, 0) is 6.54 Å². The molecule has 0 bridgehead atoms. The first-order chi connectivity index (χ1) is 15.5. The van der Waals surface area contributed by atoms with E-state index in [-0.39, 0.29) is 0 Å². The van der Waals surface area contributed by atoms with Gasteiger partial charge in [-0.1, -0.05) is 53.6 Å². The van der Waals surface area contributed by atoms with E-state index in [1.165, 1.54) is 43.6 Å². The molecule has 3 heterocycles. The lowest BCUT2D eigenvalue weighted by Crippen LogP contribution is -2.32. The lowest BCUT2D eigenvalue weighted by molar-refractivity contribution is 0.206. The molecule has 0 saturated carbocycles. The van der Waals surface area contributed by atoms with Crippen LogP contribution >= 0.6 is 34.3 Å². The third-order valence-corrected chi connectivity index (χ3v) is 8.69. The van der Waals surface area contributed by atoms with Crippen molar-refractivity contribution >= 4 is 34.3 Å². The summed E-state index contributed by atoms with van der Waals surface area (Å²) in [5, 5.41) is 2.03. The summed E-state index contributed by atoms with van der Waals surface area (Å²) in [6.07, 6.45) is 2.34. The Morgan fingerprint density at radius 2 is 1.56 bits per heavy atom. The van der Waals surface area contributed by atoms with Gasteiger partial charge in [-0.3, -0.25) is 4.90 Å². The molecular formula is C27H27ClN2S2. The van der Waals surface area contributed by atoms with E-state index in [1.54, 1.807) is 0 Å². The number of hydrogen-bond acceptors (Lipinski definition) is 4. The van der Waals surface area contributed by atoms with Gasteiger partial charge in [-0.15, -0.1) is 22.7 Å². The van der Waals surface area contributed by atoms with Crippen LogP contribution in [-0.4, -0.2) is 23.0 Å². The predicted molar refractivity (Wildman–Crippen MR) is 139 cm³/mol. The number of halogens is 1. The highest BCUT2D eigenvalue weighted by molar-refractivity contribution is 7.15. The molecule has 0 spiro atoms. The largest absolute Gasteiger partial charge is 0.298 e. The molecule has 1 aliphatic heterocycles. The maximum absolute atomic E-state index is 6.15. The average Bonchev–Trinajstić information content (AvgIpc) is 3.42. The van der Waals surface area contributed by atoms with Crippen LogP contribution < -0.4 is 0 Å². The third-order valence-electron chi connectivity index (χ3n) is 6.19. The summed E-state index contributed by atoms with van der Waals surface area (Å²) in [4.78, 5) is 11.9. The van der Waals surface area contributed by atoms with Crippen molar-refractivity contribution in [2.24, 2.45) is 0 Å².